The summed E-state index contributed by atoms with van der Waals surface area (Å²) < 4.78 is 5.87. The van der Waals surface area contributed by atoms with Crippen LogP contribution in [0.25, 0.3) is 0 Å². The summed E-state index contributed by atoms with van der Waals surface area (Å²) in [6.07, 6.45) is 1.52. The van der Waals surface area contributed by atoms with E-state index < -0.39 is 6.10 Å². The van der Waals surface area contributed by atoms with Crippen LogP contribution >= 0.6 is 24.2 Å². The van der Waals surface area contributed by atoms with Crippen LogP contribution in [-0.4, -0.2) is 42.8 Å². The first-order valence-corrected chi connectivity index (χ1v) is 10.2. The van der Waals surface area contributed by atoms with Gasteiger partial charge in [0.15, 0.2) is 6.10 Å². The SMILES string of the molecule is CSc1ccc(OC(C)C(=O)N2C[C@@H](CN)[C@H](c3ccccc3)C2)cc1.Cl. The van der Waals surface area contributed by atoms with Gasteiger partial charge in [-0.25, -0.2) is 0 Å². The highest BCUT2D eigenvalue weighted by atomic mass is 35.5. The number of carbonyl (C=O) groups is 1. The van der Waals surface area contributed by atoms with E-state index >= 15 is 0 Å². The van der Waals surface area contributed by atoms with E-state index in [1.807, 2.05) is 60.5 Å². The first kappa shape index (κ1) is 21.6. The number of halogens is 1. The fraction of sp³-hybridized carbons (Fsp3) is 0.381. The molecule has 0 aromatic heterocycles. The molecule has 0 spiro atoms. The summed E-state index contributed by atoms with van der Waals surface area (Å²) in [7, 11) is 0. The lowest BCUT2D eigenvalue weighted by Crippen LogP contribution is -2.39. The van der Waals surface area contributed by atoms with E-state index in [9.17, 15) is 4.79 Å². The summed E-state index contributed by atoms with van der Waals surface area (Å²) in [5.41, 5.74) is 7.23. The normalized spacial score (nSPS) is 20.0. The van der Waals surface area contributed by atoms with Crippen LogP contribution in [0.4, 0.5) is 0 Å². The molecule has 1 heterocycles. The van der Waals surface area contributed by atoms with Crippen LogP contribution in [0.1, 0.15) is 18.4 Å². The summed E-state index contributed by atoms with van der Waals surface area (Å²) in [4.78, 5) is 15.9. The largest absolute Gasteiger partial charge is 0.481 e. The van der Waals surface area contributed by atoms with Gasteiger partial charge in [0.25, 0.3) is 5.91 Å². The van der Waals surface area contributed by atoms with E-state index in [-0.39, 0.29) is 24.2 Å². The number of carbonyl (C=O) groups excluding carboxylic acids is 1. The Kier molecular flexibility index (Phi) is 8.02. The third-order valence-electron chi connectivity index (χ3n) is 5.00. The molecule has 1 unspecified atom stereocenters. The maximum Gasteiger partial charge on any atom is 0.263 e. The van der Waals surface area contributed by atoms with Crippen molar-refractivity contribution < 1.29 is 9.53 Å². The van der Waals surface area contributed by atoms with Gasteiger partial charge in [0.05, 0.1) is 0 Å². The molecule has 4 nitrogen and oxygen atoms in total. The number of nitrogens with zero attached hydrogens (tertiary/aromatic N) is 1. The zero-order valence-corrected chi connectivity index (χ0v) is 17.3. The molecule has 1 amide bonds. The minimum absolute atomic E-state index is 0. The third-order valence-corrected chi connectivity index (χ3v) is 5.75. The van der Waals surface area contributed by atoms with E-state index in [0.717, 1.165) is 5.75 Å². The lowest BCUT2D eigenvalue weighted by Gasteiger charge is -2.22. The lowest BCUT2D eigenvalue weighted by molar-refractivity contribution is -0.137. The van der Waals surface area contributed by atoms with E-state index in [4.69, 9.17) is 10.5 Å². The number of nitrogens with two attached hydrogens (primary N) is 1. The molecule has 0 radical (unpaired) electrons. The highest BCUT2D eigenvalue weighted by molar-refractivity contribution is 7.98. The van der Waals surface area contributed by atoms with Gasteiger partial charge in [-0.2, -0.15) is 0 Å². The van der Waals surface area contributed by atoms with Crippen LogP contribution in [0.3, 0.4) is 0 Å². The number of hydrogen-bond acceptors (Lipinski definition) is 4. The zero-order valence-electron chi connectivity index (χ0n) is 15.7. The minimum Gasteiger partial charge on any atom is -0.481 e. The van der Waals surface area contributed by atoms with Gasteiger partial charge in [0.2, 0.25) is 0 Å². The average Bonchev–Trinajstić information content (AvgIpc) is 3.13. The number of hydrogen-bond donors (Lipinski definition) is 1. The maximum atomic E-state index is 12.9. The first-order chi connectivity index (χ1) is 12.6. The summed E-state index contributed by atoms with van der Waals surface area (Å²) >= 11 is 1.68. The van der Waals surface area contributed by atoms with Crippen LogP contribution < -0.4 is 10.5 Å². The summed E-state index contributed by atoms with van der Waals surface area (Å²) in [5, 5.41) is 0. The highest BCUT2D eigenvalue weighted by Crippen LogP contribution is 2.32. The van der Waals surface area contributed by atoms with Crippen LogP contribution in [0.5, 0.6) is 5.75 Å². The van der Waals surface area contributed by atoms with E-state index in [1.165, 1.54) is 10.5 Å². The van der Waals surface area contributed by atoms with Gasteiger partial charge < -0.3 is 15.4 Å². The second kappa shape index (κ2) is 10.0. The number of thioether (sulfide) groups is 1. The molecule has 0 bridgehead atoms. The van der Waals surface area contributed by atoms with Crippen molar-refractivity contribution in [3.8, 4) is 5.75 Å². The second-order valence-corrected chi connectivity index (χ2v) is 7.57. The molecule has 27 heavy (non-hydrogen) atoms. The first-order valence-electron chi connectivity index (χ1n) is 8.97. The van der Waals surface area contributed by atoms with Gasteiger partial charge in [-0.05, 0) is 55.5 Å². The molecule has 0 aliphatic carbocycles. The van der Waals surface area contributed by atoms with Crippen LogP contribution in [0, 0.1) is 5.92 Å². The van der Waals surface area contributed by atoms with Gasteiger partial charge in [0.1, 0.15) is 5.75 Å². The molecule has 1 saturated heterocycles. The minimum atomic E-state index is -0.511. The molecule has 1 aliphatic heterocycles. The predicted molar refractivity (Wildman–Crippen MR) is 114 cm³/mol. The Morgan fingerprint density at radius 2 is 1.85 bits per heavy atom. The Bertz CT molecular complexity index is 727. The van der Waals surface area contributed by atoms with Crippen molar-refractivity contribution in [3.05, 3.63) is 60.2 Å². The van der Waals surface area contributed by atoms with Gasteiger partial charge in [-0.15, -0.1) is 24.2 Å². The number of ether oxygens (including phenoxy) is 1. The van der Waals surface area contributed by atoms with Crippen LogP contribution in [0.2, 0.25) is 0 Å². The molecular weight excluding hydrogens is 380 g/mol. The Balaban J connectivity index is 0.00000261. The number of rotatable bonds is 6. The smallest absolute Gasteiger partial charge is 0.263 e. The molecule has 1 fully saturated rings. The zero-order chi connectivity index (χ0) is 18.5. The molecule has 2 aromatic rings. The third kappa shape index (κ3) is 5.18. The van der Waals surface area contributed by atoms with Gasteiger partial charge in [-0.1, -0.05) is 30.3 Å². The lowest BCUT2D eigenvalue weighted by atomic mass is 9.89. The Hall–Kier alpha value is -1.69. The molecule has 2 aromatic carbocycles. The monoisotopic (exact) mass is 406 g/mol. The van der Waals surface area contributed by atoms with Gasteiger partial charge >= 0.3 is 0 Å². The van der Waals surface area contributed by atoms with Crippen molar-refractivity contribution in [1.82, 2.24) is 4.90 Å². The maximum absolute atomic E-state index is 12.9. The quantitative estimate of drug-likeness (QED) is 0.741. The fourth-order valence-electron chi connectivity index (χ4n) is 3.53. The molecule has 146 valence electrons. The number of amides is 1. The predicted octanol–water partition coefficient (Wildman–Crippen LogP) is 3.80. The molecule has 0 saturated carbocycles. The average molecular weight is 407 g/mol. The van der Waals surface area contributed by atoms with Crippen molar-refractivity contribution in [2.45, 2.75) is 23.8 Å². The Labute approximate surface area is 171 Å². The molecule has 3 atom stereocenters. The van der Waals surface area contributed by atoms with Crippen LogP contribution in [0.15, 0.2) is 59.5 Å². The van der Waals surface area contributed by atoms with Crippen LogP contribution in [-0.2, 0) is 4.79 Å². The van der Waals surface area contributed by atoms with E-state index in [2.05, 4.69) is 12.1 Å². The molecular formula is C21H27ClN2O2S. The van der Waals surface area contributed by atoms with E-state index in [0.29, 0.717) is 25.6 Å². The van der Waals surface area contributed by atoms with Crippen molar-refractivity contribution in [1.29, 1.82) is 0 Å². The number of likely N-dealkylation sites (tertiary alicyclic amines) is 1. The second-order valence-electron chi connectivity index (χ2n) is 6.69. The van der Waals surface area contributed by atoms with Gasteiger partial charge in [0, 0.05) is 23.9 Å². The molecule has 2 N–H and O–H groups in total. The van der Waals surface area contributed by atoms with Gasteiger partial charge in [-0.3, -0.25) is 4.79 Å². The van der Waals surface area contributed by atoms with Crippen molar-refractivity contribution >= 4 is 30.1 Å². The molecule has 6 heteroatoms. The summed E-state index contributed by atoms with van der Waals surface area (Å²) in [5.74, 6) is 1.32. The fourth-order valence-corrected chi connectivity index (χ4v) is 3.94. The Morgan fingerprint density at radius 3 is 2.44 bits per heavy atom. The van der Waals surface area contributed by atoms with Crippen molar-refractivity contribution in [2.75, 3.05) is 25.9 Å². The van der Waals surface area contributed by atoms with E-state index in [1.54, 1.807) is 11.8 Å². The molecule has 3 rings (SSSR count). The Morgan fingerprint density at radius 1 is 1.19 bits per heavy atom. The topological polar surface area (TPSA) is 55.6 Å². The standard InChI is InChI=1S/C21H26N2O2S.ClH/c1-15(25-18-8-10-19(26-2)11-9-18)21(24)23-13-17(12-22)20(14-23)16-6-4-3-5-7-16;/h3-11,15,17,20H,12-14,22H2,1-2H3;1H/t15?,17-,20+;/m1./s1. The van der Waals surface area contributed by atoms with Crippen molar-refractivity contribution in [3.63, 3.8) is 0 Å². The highest BCUT2D eigenvalue weighted by Gasteiger charge is 2.37. The summed E-state index contributed by atoms with van der Waals surface area (Å²) in [6.45, 7) is 3.78. The summed E-state index contributed by atoms with van der Waals surface area (Å²) in [6, 6.07) is 18.2. The number of benzene rings is 2. The van der Waals surface area contributed by atoms with Crippen molar-refractivity contribution in [2.24, 2.45) is 11.7 Å². The molecule has 1 aliphatic rings.